The number of anilines is 1. The molecule has 2 aromatic rings. The van der Waals surface area contributed by atoms with Gasteiger partial charge in [0.2, 0.25) is 5.91 Å². The van der Waals surface area contributed by atoms with Gasteiger partial charge in [0.05, 0.1) is 18.1 Å². The van der Waals surface area contributed by atoms with E-state index in [4.69, 9.17) is 9.47 Å². The van der Waals surface area contributed by atoms with Crippen LogP contribution in [0.25, 0.3) is 6.08 Å². The molecule has 0 saturated carbocycles. The Kier molecular flexibility index (Phi) is 9.16. The van der Waals surface area contributed by atoms with Crippen molar-refractivity contribution in [2.24, 2.45) is 0 Å². The first kappa shape index (κ1) is 25.4. The van der Waals surface area contributed by atoms with E-state index in [2.05, 4.69) is 12.2 Å². The lowest BCUT2D eigenvalue weighted by molar-refractivity contribution is -0.127. The Morgan fingerprint density at radius 2 is 1.79 bits per heavy atom. The summed E-state index contributed by atoms with van der Waals surface area (Å²) in [6.07, 6.45) is 4.50. The fourth-order valence-electron chi connectivity index (χ4n) is 3.28. The average molecular weight is 483 g/mol. The Bertz CT molecular complexity index is 1070. The number of hydrogen-bond acceptors (Lipinski definition) is 6. The van der Waals surface area contributed by atoms with Crippen LogP contribution in [0, 0.1) is 0 Å². The lowest BCUT2D eigenvalue weighted by Gasteiger charge is -2.13. The first-order valence-corrected chi connectivity index (χ1v) is 12.3. The molecular formula is C26H30N2O5S. The molecule has 1 saturated heterocycles. The van der Waals surface area contributed by atoms with Gasteiger partial charge in [0.15, 0.2) is 11.5 Å². The summed E-state index contributed by atoms with van der Waals surface area (Å²) in [6, 6.07) is 12.8. The number of ether oxygens (including phenoxy) is 2. The number of nitrogens with one attached hydrogen (secondary N) is 1. The molecule has 7 nitrogen and oxygen atoms in total. The van der Waals surface area contributed by atoms with Gasteiger partial charge in [-0.05, 0) is 73.0 Å². The fourth-order valence-corrected chi connectivity index (χ4v) is 4.12. The van der Waals surface area contributed by atoms with E-state index >= 15 is 0 Å². The van der Waals surface area contributed by atoms with E-state index < -0.39 is 17.1 Å². The third-order valence-corrected chi connectivity index (χ3v) is 6.05. The third-order valence-electron chi connectivity index (χ3n) is 5.14. The predicted octanol–water partition coefficient (Wildman–Crippen LogP) is 5.50. The summed E-state index contributed by atoms with van der Waals surface area (Å²) in [6.45, 7) is 6.76. The van der Waals surface area contributed by atoms with Crippen molar-refractivity contribution in [2.75, 3.05) is 25.1 Å². The van der Waals surface area contributed by atoms with Crippen LogP contribution in [-0.2, 0) is 16.0 Å². The number of carbonyl (C=O) groups is 3. The number of amides is 3. The summed E-state index contributed by atoms with van der Waals surface area (Å²) >= 11 is 0.817. The fraction of sp³-hybridized carbons (Fsp3) is 0.346. The molecule has 0 unspecified atom stereocenters. The molecule has 8 heteroatoms. The number of benzene rings is 2. The number of hydrogen-bond donors (Lipinski definition) is 1. The van der Waals surface area contributed by atoms with Crippen LogP contribution in [0.4, 0.5) is 10.5 Å². The second-order valence-corrected chi connectivity index (χ2v) is 8.70. The SMILES string of the molecule is CCCCOc1ccc(/C=C2\SC(=O)N(CC(=O)Nc3ccc(CC)cc3)C2=O)cc1OCC. The standard InChI is InChI=1S/C26H30N2O5S/c1-4-7-14-33-21-13-10-19(15-22(21)32-6-3)16-23-25(30)28(26(31)34-23)17-24(29)27-20-11-8-18(5-2)9-12-20/h8-13,15-16H,4-7,14,17H2,1-3H3,(H,27,29)/b23-16-. The number of aryl methyl sites for hydroxylation is 1. The third kappa shape index (κ3) is 6.63. The lowest BCUT2D eigenvalue weighted by atomic mass is 10.1. The molecular weight excluding hydrogens is 452 g/mol. The Hall–Kier alpha value is -3.26. The van der Waals surface area contributed by atoms with Crippen LogP contribution in [0.3, 0.4) is 0 Å². The molecule has 0 bridgehead atoms. The van der Waals surface area contributed by atoms with Gasteiger partial charge in [-0.2, -0.15) is 0 Å². The monoisotopic (exact) mass is 482 g/mol. The molecule has 2 aromatic carbocycles. The van der Waals surface area contributed by atoms with Crippen molar-refractivity contribution in [3.63, 3.8) is 0 Å². The Labute approximate surface area is 204 Å². The molecule has 1 aliphatic heterocycles. The van der Waals surface area contributed by atoms with E-state index in [9.17, 15) is 14.4 Å². The zero-order valence-corrected chi connectivity index (χ0v) is 20.6. The highest BCUT2D eigenvalue weighted by atomic mass is 32.2. The van der Waals surface area contributed by atoms with Gasteiger partial charge in [0, 0.05) is 5.69 Å². The average Bonchev–Trinajstić information content (AvgIpc) is 3.08. The van der Waals surface area contributed by atoms with Gasteiger partial charge in [0.25, 0.3) is 11.1 Å². The van der Waals surface area contributed by atoms with Crippen molar-refractivity contribution < 1.29 is 23.9 Å². The molecule has 0 spiro atoms. The molecule has 1 N–H and O–H groups in total. The van der Waals surface area contributed by atoms with Crippen LogP contribution >= 0.6 is 11.8 Å². The Morgan fingerprint density at radius 3 is 2.47 bits per heavy atom. The van der Waals surface area contributed by atoms with Gasteiger partial charge in [-0.3, -0.25) is 19.3 Å². The topological polar surface area (TPSA) is 84.9 Å². The number of nitrogens with zero attached hydrogens (tertiary/aromatic N) is 1. The number of unbranched alkanes of at least 4 members (excludes halogenated alkanes) is 1. The zero-order chi connectivity index (χ0) is 24.5. The van der Waals surface area contributed by atoms with E-state index in [-0.39, 0.29) is 11.4 Å². The number of rotatable bonds is 11. The molecule has 34 heavy (non-hydrogen) atoms. The van der Waals surface area contributed by atoms with Gasteiger partial charge >= 0.3 is 0 Å². The number of imide groups is 1. The van der Waals surface area contributed by atoms with Gasteiger partial charge < -0.3 is 14.8 Å². The predicted molar refractivity (Wildman–Crippen MR) is 135 cm³/mol. The van der Waals surface area contributed by atoms with E-state index in [0.717, 1.165) is 41.5 Å². The van der Waals surface area contributed by atoms with Crippen LogP contribution < -0.4 is 14.8 Å². The number of thioether (sulfide) groups is 1. The molecule has 3 amide bonds. The minimum atomic E-state index is -0.493. The normalized spacial score (nSPS) is 14.6. The lowest BCUT2D eigenvalue weighted by Crippen LogP contribution is -2.36. The summed E-state index contributed by atoms with van der Waals surface area (Å²) in [5, 5.41) is 2.26. The highest BCUT2D eigenvalue weighted by Gasteiger charge is 2.36. The summed E-state index contributed by atoms with van der Waals surface area (Å²) in [4.78, 5) is 38.9. The molecule has 0 atom stereocenters. The molecule has 1 fully saturated rings. The van der Waals surface area contributed by atoms with Gasteiger partial charge in [-0.15, -0.1) is 0 Å². The van der Waals surface area contributed by atoms with E-state index in [1.165, 1.54) is 0 Å². The van der Waals surface area contributed by atoms with Gasteiger partial charge in [-0.1, -0.05) is 38.5 Å². The van der Waals surface area contributed by atoms with Crippen molar-refractivity contribution in [1.82, 2.24) is 4.90 Å². The first-order valence-electron chi connectivity index (χ1n) is 11.5. The second kappa shape index (κ2) is 12.3. The van der Waals surface area contributed by atoms with Crippen LogP contribution in [0.15, 0.2) is 47.4 Å². The van der Waals surface area contributed by atoms with Crippen LogP contribution in [-0.4, -0.2) is 41.7 Å². The number of carbonyl (C=O) groups excluding carboxylic acids is 3. The van der Waals surface area contributed by atoms with Crippen molar-refractivity contribution in [1.29, 1.82) is 0 Å². The quantitative estimate of drug-likeness (QED) is 0.336. The summed E-state index contributed by atoms with van der Waals surface area (Å²) in [5.41, 5.74) is 2.48. The van der Waals surface area contributed by atoms with Crippen LogP contribution in [0.5, 0.6) is 11.5 Å². The second-order valence-electron chi connectivity index (χ2n) is 7.71. The van der Waals surface area contributed by atoms with E-state index in [0.29, 0.717) is 36.0 Å². The maximum Gasteiger partial charge on any atom is 0.294 e. The van der Waals surface area contributed by atoms with Gasteiger partial charge in [0.1, 0.15) is 6.54 Å². The molecule has 3 rings (SSSR count). The van der Waals surface area contributed by atoms with E-state index in [1.807, 2.05) is 32.0 Å². The molecule has 0 aliphatic carbocycles. The van der Waals surface area contributed by atoms with Crippen molar-refractivity contribution in [3.05, 3.63) is 58.5 Å². The summed E-state index contributed by atoms with van der Waals surface area (Å²) < 4.78 is 11.5. The maximum atomic E-state index is 12.8. The smallest absolute Gasteiger partial charge is 0.294 e. The largest absolute Gasteiger partial charge is 0.490 e. The molecule has 180 valence electrons. The molecule has 0 aromatic heterocycles. The van der Waals surface area contributed by atoms with Crippen LogP contribution in [0.2, 0.25) is 0 Å². The molecule has 1 aliphatic rings. The summed E-state index contributed by atoms with van der Waals surface area (Å²) in [7, 11) is 0. The minimum Gasteiger partial charge on any atom is -0.490 e. The highest BCUT2D eigenvalue weighted by Crippen LogP contribution is 2.34. The van der Waals surface area contributed by atoms with Crippen molar-refractivity contribution >= 4 is 40.6 Å². The highest BCUT2D eigenvalue weighted by molar-refractivity contribution is 8.18. The maximum absolute atomic E-state index is 12.8. The molecule has 1 heterocycles. The minimum absolute atomic E-state index is 0.257. The van der Waals surface area contributed by atoms with Crippen molar-refractivity contribution in [3.8, 4) is 11.5 Å². The summed E-state index contributed by atoms with van der Waals surface area (Å²) in [5.74, 6) is 0.303. The van der Waals surface area contributed by atoms with E-state index in [1.54, 1.807) is 30.3 Å². The van der Waals surface area contributed by atoms with Crippen LogP contribution in [0.1, 0.15) is 44.7 Å². The Morgan fingerprint density at radius 1 is 1.03 bits per heavy atom. The Balaban J connectivity index is 1.68. The molecule has 0 radical (unpaired) electrons. The van der Waals surface area contributed by atoms with Gasteiger partial charge in [-0.25, -0.2) is 0 Å². The first-order chi connectivity index (χ1) is 16.4. The zero-order valence-electron chi connectivity index (χ0n) is 19.8. The van der Waals surface area contributed by atoms with Crippen molar-refractivity contribution in [2.45, 2.75) is 40.0 Å².